The molecule has 0 fully saturated rings. The highest BCUT2D eigenvalue weighted by Crippen LogP contribution is 2.22. The highest BCUT2D eigenvalue weighted by Gasteiger charge is 2.09. The van der Waals surface area contributed by atoms with E-state index in [0.29, 0.717) is 4.99 Å². The fourth-order valence-electron chi connectivity index (χ4n) is 1.79. The minimum absolute atomic E-state index is 0.381. The first-order chi connectivity index (χ1) is 9.08. The summed E-state index contributed by atoms with van der Waals surface area (Å²) in [6, 6.07) is 6.09. The number of thiocarbonyl (C=S) groups is 1. The summed E-state index contributed by atoms with van der Waals surface area (Å²) in [6.45, 7) is 2.79. The highest BCUT2D eigenvalue weighted by atomic mass is 79.9. The van der Waals surface area contributed by atoms with Crippen LogP contribution in [0.25, 0.3) is 0 Å². The third-order valence-electron chi connectivity index (χ3n) is 2.70. The van der Waals surface area contributed by atoms with Crippen molar-refractivity contribution in [3.05, 3.63) is 44.2 Å². The zero-order chi connectivity index (χ0) is 13.8. The maximum Gasteiger partial charge on any atom is 0.136 e. The smallest absolute Gasteiger partial charge is 0.136 e. The summed E-state index contributed by atoms with van der Waals surface area (Å²) in [6.07, 6.45) is 2.71. The van der Waals surface area contributed by atoms with Crippen molar-refractivity contribution in [3.63, 3.8) is 0 Å². The van der Waals surface area contributed by atoms with Crippen LogP contribution in [0.15, 0.2) is 28.2 Å². The number of halogens is 1. The predicted molar refractivity (Wildman–Crippen MR) is 89.1 cm³/mol. The number of pyridine rings is 1. The van der Waals surface area contributed by atoms with Gasteiger partial charge in [-0.05, 0) is 53.0 Å². The van der Waals surface area contributed by atoms with Gasteiger partial charge >= 0.3 is 0 Å². The lowest BCUT2D eigenvalue weighted by molar-refractivity contribution is 1.02. The van der Waals surface area contributed by atoms with E-state index in [0.717, 1.165) is 33.7 Å². The lowest BCUT2D eigenvalue weighted by Gasteiger charge is -2.11. The van der Waals surface area contributed by atoms with E-state index in [1.165, 1.54) is 4.88 Å². The van der Waals surface area contributed by atoms with Gasteiger partial charge in [-0.3, -0.25) is 0 Å². The van der Waals surface area contributed by atoms with Crippen LogP contribution >= 0.6 is 39.5 Å². The van der Waals surface area contributed by atoms with Crippen LogP contribution in [0.1, 0.15) is 16.0 Å². The summed E-state index contributed by atoms with van der Waals surface area (Å²) < 4.78 is 1.15. The standard InChI is InChI=1S/C13H14BrN3S2/c1-8-4-6-16-13(11(8)12(15)18)17-7-5-9-2-3-10(14)19-9/h2-4,6H,5,7H2,1H3,(H2,15,18)(H,16,17). The number of rotatable bonds is 5. The fourth-order valence-corrected chi connectivity index (χ4v) is 3.53. The highest BCUT2D eigenvalue weighted by molar-refractivity contribution is 9.11. The molecule has 100 valence electrons. The van der Waals surface area contributed by atoms with Crippen molar-refractivity contribution in [2.75, 3.05) is 11.9 Å². The van der Waals surface area contributed by atoms with Gasteiger partial charge in [0.1, 0.15) is 10.8 Å². The van der Waals surface area contributed by atoms with Gasteiger partial charge in [0.15, 0.2) is 0 Å². The van der Waals surface area contributed by atoms with Crippen LogP contribution in [0.3, 0.4) is 0 Å². The van der Waals surface area contributed by atoms with E-state index in [4.69, 9.17) is 18.0 Å². The van der Waals surface area contributed by atoms with Gasteiger partial charge in [-0.25, -0.2) is 4.98 Å². The number of hydrogen-bond acceptors (Lipinski definition) is 4. The number of thiophene rings is 1. The Balaban J connectivity index is 2.03. The van der Waals surface area contributed by atoms with Crippen LogP contribution in [-0.4, -0.2) is 16.5 Å². The van der Waals surface area contributed by atoms with E-state index in [-0.39, 0.29) is 0 Å². The maximum atomic E-state index is 5.75. The van der Waals surface area contributed by atoms with E-state index in [2.05, 4.69) is 38.4 Å². The summed E-state index contributed by atoms with van der Waals surface area (Å²) in [5, 5.41) is 3.31. The van der Waals surface area contributed by atoms with Crippen LogP contribution < -0.4 is 11.1 Å². The second-order valence-electron chi connectivity index (χ2n) is 4.10. The molecule has 0 aromatic carbocycles. The number of aryl methyl sites for hydroxylation is 1. The Hall–Kier alpha value is -0.980. The molecule has 0 saturated heterocycles. The summed E-state index contributed by atoms with van der Waals surface area (Å²) in [5.41, 5.74) is 7.63. The lowest BCUT2D eigenvalue weighted by atomic mass is 10.1. The first kappa shape index (κ1) is 14.4. The molecule has 0 saturated carbocycles. The molecule has 3 nitrogen and oxygen atoms in total. The molecule has 0 bridgehead atoms. The van der Waals surface area contributed by atoms with Crippen LogP contribution in [0.5, 0.6) is 0 Å². The second-order valence-corrected chi connectivity index (χ2v) is 7.09. The number of hydrogen-bond donors (Lipinski definition) is 2. The molecule has 2 aromatic heterocycles. The summed E-state index contributed by atoms with van der Waals surface area (Å²) >= 11 is 10.3. The molecule has 19 heavy (non-hydrogen) atoms. The van der Waals surface area contributed by atoms with Gasteiger partial charge in [-0.1, -0.05) is 12.2 Å². The van der Waals surface area contributed by atoms with E-state index in [1.807, 2.05) is 13.0 Å². The molecule has 0 atom stereocenters. The Kier molecular flexibility index (Phi) is 4.90. The normalized spacial score (nSPS) is 10.4. The summed E-state index contributed by atoms with van der Waals surface area (Å²) in [5.74, 6) is 0.767. The minimum Gasteiger partial charge on any atom is -0.389 e. The van der Waals surface area contributed by atoms with Crippen molar-refractivity contribution in [3.8, 4) is 0 Å². The maximum absolute atomic E-state index is 5.75. The van der Waals surface area contributed by atoms with Crippen LogP contribution in [0, 0.1) is 6.92 Å². The first-order valence-corrected chi connectivity index (χ1v) is 7.83. The Morgan fingerprint density at radius 1 is 1.47 bits per heavy atom. The summed E-state index contributed by atoms with van der Waals surface area (Å²) in [4.78, 5) is 6.02. The number of aromatic nitrogens is 1. The Labute approximate surface area is 130 Å². The van der Waals surface area contributed by atoms with Crippen molar-refractivity contribution >= 4 is 50.3 Å². The Morgan fingerprint density at radius 3 is 2.89 bits per heavy atom. The van der Waals surface area contributed by atoms with Gasteiger partial charge in [-0.15, -0.1) is 11.3 Å². The Bertz CT molecular complexity index is 595. The van der Waals surface area contributed by atoms with Gasteiger partial charge in [0.2, 0.25) is 0 Å². The molecule has 2 rings (SSSR count). The molecule has 3 N–H and O–H groups in total. The van der Waals surface area contributed by atoms with Gasteiger partial charge in [0, 0.05) is 17.6 Å². The van der Waals surface area contributed by atoms with Crippen LogP contribution in [0.2, 0.25) is 0 Å². The fraction of sp³-hybridized carbons (Fsp3) is 0.231. The number of anilines is 1. The molecular formula is C13H14BrN3S2. The van der Waals surface area contributed by atoms with Crippen LogP contribution in [0.4, 0.5) is 5.82 Å². The summed E-state index contributed by atoms with van der Waals surface area (Å²) in [7, 11) is 0. The topological polar surface area (TPSA) is 50.9 Å². The lowest BCUT2D eigenvalue weighted by Crippen LogP contribution is -2.17. The average Bonchev–Trinajstić information content (AvgIpc) is 2.74. The number of nitrogens with two attached hydrogens (primary N) is 1. The largest absolute Gasteiger partial charge is 0.389 e. The van der Waals surface area contributed by atoms with E-state index in [9.17, 15) is 0 Å². The molecule has 2 aromatic rings. The Morgan fingerprint density at radius 2 is 2.26 bits per heavy atom. The molecule has 0 aliphatic heterocycles. The van der Waals surface area contributed by atoms with E-state index in [1.54, 1.807) is 17.5 Å². The third kappa shape index (κ3) is 3.75. The van der Waals surface area contributed by atoms with Gasteiger partial charge < -0.3 is 11.1 Å². The van der Waals surface area contributed by atoms with E-state index < -0.39 is 0 Å². The number of nitrogens with zero attached hydrogens (tertiary/aromatic N) is 1. The molecule has 0 amide bonds. The monoisotopic (exact) mass is 355 g/mol. The van der Waals surface area contributed by atoms with Crippen molar-refractivity contribution in [2.45, 2.75) is 13.3 Å². The molecular weight excluding hydrogens is 342 g/mol. The van der Waals surface area contributed by atoms with Gasteiger partial charge in [-0.2, -0.15) is 0 Å². The second kappa shape index (κ2) is 6.45. The van der Waals surface area contributed by atoms with Crippen molar-refractivity contribution in [1.29, 1.82) is 0 Å². The van der Waals surface area contributed by atoms with Gasteiger partial charge in [0.25, 0.3) is 0 Å². The zero-order valence-corrected chi connectivity index (χ0v) is 13.7. The SMILES string of the molecule is Cc1ccnc(NCCc2ccc(Br)s2)c1C(N)=S. The minimum atomic E-state index is 0.381. The average molecular weight is 356 g/mol. The third-order valence-corrected chi connectivity index (χ3v) is 4.59. The van der Waals surface area contributed by atoms with Crippen molar-refractivity contribution in [1.82, 2.24) is 4.98 Å². The molecule has 0 spiro atoms. The van der Waals surface area contributed by atoms with Crippen molar-refractivity contribution in [2.24, 2.45) is 5.73 Å². The van der Waals surface area contributed by atoms with Crippen LogP contribution in [-0.2, 0) is 6.42 Å². The molecule has 0 aliphatic carbocycles. The first-order valence-electron chi connectivity index (χ1n) is 5.81. The number of nitrogens with one attached hydrogen (secondary N) is 1. The van der Waals surface area contributed by atoms with E-state index >= 15 is 0 Å². The molecule has 0 radical (unpaired) electrons. The zero-order valence-electron chi connectivity index (χ0n) is 10.4. The molecule has 0 aliphatic rings. The quantitative estimate of drug-likeness (QED) is 0.805. The molecule has 6 heteroatoms. The van der Waals surface area contributed by atoms with Gasteiger partial charge in [0.05, 0.1) is 9.35 Å². The molecule has 2 heterocycles. The predicted octanol–water partition coefficient (Wildman–Crippen LogP) is 3.50. The van der Waals surface area contributed by atoms with Crippen molar-refractivity contribution < 1.29 is 0 Å². The molecule has 0 unspecified atom stereocenters.